The highest BCUT2D eigenvalue weighted by Gasteiger charge is 2.23. The van der Waals surface area contributed by atoms with Gasteiger partial charge in [-0.1, -0.05) is 160 Å². The van der Waals surface area contributed by atoms with E-state index >= 15 is 0 Å². The van der Waals surface area contributed by atoms with E-state index in [-0.39, 0.29) is 0 Å². The number of hydrogen-bond donors (Lipinski definition) is 0. The van der Waals surface area contributed by atoms with Gasteiger partial charge in [0.15, 0.2) is 0 Å². The third-order valence-electron chi connectivity index (χ3n) is 8.18. The normalized spacial score (nSPS) is 13.6. The lowest BCUT2D eigenvalue weighted by molar-refractivity contribution is 0.310. The van der Waals surface area contributed by atoms with Crippen LogP contribution in [0.2, 0.25) is 0 Å². The largest absolute Gasteiger partial charge is 0.294 e. The minimum absolute atomic E-state index is 0.485. The average Bonchev–Trinajstić information content (AvgIpc) is 2.93. The molecule has 0 saturated heterocycles. The molecule has 1 aromatic carbocycles. The summed E-state index contributed by atoms with van der Waals surface area (Å²) < 4.78 is 9.37. The quantitative estimate of drug-likeness (QED) is 0.0830. The molecule has 1 rings (SSSR count). The Hall–Kier alpha value is -0.820. The smallest absolute Gasteiger partial charge is 0.132 e. The lowest BCUT2D eigenvalue weighted by atomic mass is 10.0. The second kappa shape index (κ2) is 24.5. The molecule has 210 valence electrons. The van der Waals surface area contributed by atoms with Crippen LogP contribution in [0.25, 0.3) is 0 Å². The molecule has 0 aromatic heterocycles. The van der Waals surface area contributed by atoms with E-state index in [4.69, 9.17) is 1.37 Å². The Bertz CT molecular complexity index is 574. The van der Waals surface area contributed by atoms with E-state index in [1.165, 1.54) is 160 Å². The third-order valence-corrected chi connectivity index (χ3v) is 8.18. The van der Waals surface area contributed by atoms with Crippen LogP contribution in [-0.2, 0) is 0 Å². The summed E-state index contributed by atoms with van der Waals surface area (Å²) >= 11 is 0. The standard InChI is InChI=1S/C35H66N/c1-4-6-8-10-12-14-15-16-17-18-19-20-21-23-25-30-34-36(3,35-31-27-26-28-32-35)33-29-24-22-13-11-9-7-5-2/h26-28,31-32H,4-25,29-30,33-34H2,1-3H3/q+1/i3D. The van der Waals surface area contributed by atoms with E-state index in [2.05, 4.69) is 44.2 Å². The molecule has 0 amide bonds. The number of quaternary nitrogens is 1. The number of rotatable bonds is 27. The molecule has 1 unspecified atom stereocenters. The summed E-state index contributed by atoms with van der Waals surface area (Å²) in [5.41, 5.74) is 1.36. The first-order valence-corrected chi connectivity index (χ1v) is 16.5. The highest BCUT2D eigenvalue weighted by atomic mass is 15.3. The van der Waals surface area contributed by atoms with Crippen molar-refractivity contribution in [2.45, 2.75) is 168 Å². The van der Waals surface area contributed by atoms with Crippen LogP contribution in [0, 0.1) is 0 Å². The molecule has 1 heteroatoms. The zero-order chi connectivity index (χ0) is 26.7. The minimum Gasteiger partial charge on any atom is -0.294 e. The van der Waals surface area contributed by atoms with E-state index in [1.807, 2.05) is 0 Å². The van der Waals surface area contributed by atoms with Crippen molar-refractivity contribution < 1.29 is 1.37 Å². The second-order valence-corrected chi connectivity index (χ2v) is 11.7. The molecule has 0 fully saturated rings. The molecule has 0 radical (unpaired) electrons. The Morgan fingerprint density at radius 1 is 0.444 bits per heavy atom. The predicted molar refractivity (Wildman–Crippen MR) is 166 cm³/mol. The van der Waals surface area contributed by atoms with Gasteiger partial charge in [0, 0.05) is 0 Å². The van der Waals surface area contributed by atoms with Crippen molar-refractivity contribution in [2.24, 2.45) is 0 Å². The van der Waals surface area contributed by atoms with E-state index in [0.717, 1.165) is 17.6 Å². The van der Waals surface area contributed by atoms with Crippen molar-refractivity contribution >= 4 is 5.69 Å². The zero-order valence-electron chi connectivity index (χ0n) is 25.9. The van der Waals surface area contributed by atoms with Crippen molar-refractivity contribution in [3.63, 3.8) is 0 Å². The summed E-state index contributed by atoms with van der Waals surface area (Å²) in [6, 6.07) is 11.0. The number of para-hydroxylation sites is 1. The van der Waals surface area contributed by atoms with Gasteiger partial charge in [-0.15, -0.1) is 0 Å². The Labute approximate surface area is 229 Å². The lowest BCUT2D eigenvalue weighted by Crippen LogP contribution is -2.46. The van der Waals surface area contributed by atoms with Gasteiger partial charge < -0.3 is 0 Å². The number of benzene rings is 1. The molecule has 1 nitrogen and oxygen atoms in total. The van der Waals surface area contributed by atoms with E-state index < -0.39 is 0 Å². The number of nitrogens with zero attached hydrogens (tertiary/aromatic N) is 1. The van der Waals surface area contributed by atoms with E-state index in [9.17, 15) is 0 Å². The van der Waals surface area contributed by atoms with Crippen molar-refractivity contribution in [2.75, 3.05) is 20.1 Å². The molecular formula is C35H66N+. The van der Waals surface area contributed by atoms with Gasteiger partial charge in [-0.2, -0.15) is 0 Å². The SMILES string of the molecule is [2H]C[N+](CCCCCCCCCC)(CCCCCCCCCCCCCCCCCC)c1ccccc1. The Kier molecular flexibility index (Phi) is 21.4. The van der Waals surface area contributed by atoms with Crippen molar-refractivity contribution in [3.8, 4) is 0 Å². The molecular weight excluding hydrogens is 434 g/mol. The molecule has 0 aliphatic rings. The molecule has 0 saturated carbocycles. The maximum atomic E-state index is 8.50. The molecule has 0 aliphatic carbocycles. The van der Waals surface area contributed by atoms with Crippen LogP contribution in [0.1, 0.15) is 169 Å². The fraction of sp³-hybridized carbons (Fsp3) is 0.829. The molecule has 36 heavy (non-hydrogen) atoms. The van der Waals surface area contributed by atoms with Gasteiger partial charge in [-0.25, -0.2) is 0 Å². The molecule has 1 aromatic rings. The summed E-state index contributed by atoms with van der Waals surface area (Å²) in [4.78, 5) is 0. The first kappa shape index (κ1) is 31.4. The molecule has 0 aliphatic heterocycles. The van der Waals surface area contributed by atoms with Crippen LogP contribution in [0.5, 0.6) is 0 Å². The Balaban J connectivity index is 2.15. The highest BCUT2D eigenvalue weighted by molar-refractivity contribution is 5.41. The van der Waals surface area contributed by atoms with Gasteiger partial charge in [0.25, 0.3) is 0 Å². The van der Waals surface area contributed by atoms with Gasteiger partial charge in [0.2, 0.25) is 0 Å². The zero-order valence-corrected chi connectivity index (χ0v) is 24.9. The van der Waals surface area contributed by atoms with Crippen LogP contribution < -0.4 is 4.48 Å². The molecule has 0 N–H and O–H groups in total. The first-order valence-electron chi connectivity index (χ1n) is 17.2. The van der Waals surface area contributed by atoms with Gasteiger partial charge in [0.1, 0.15) is 5.69 Å². The van der Waals surface area contributed by atoms with Crippen molar-refractivity contribution in [1.29, 1.82) is 0 Å². The minimum atomic E-state index is 0.485. The summed E-state index contributed by atoms with van der Waals surface area (Å²) in [6.45, 7) is 6.87. The summed E-state index contributed by atoms with van der Waals surface area (Å²) in [6.07, 6.45) is 33.6. The van der Waals surface area contributed by atoms with Crippen LogP contribution >= 0.6 is 0 Å². The second-order valence-electron chi connectivity index (χ2n) is 11.7. The molecule has 0 heterocycles. The van der Waals surface area contributed by atoms with Gasteiger partial charge in [-0.3, -0.25) is 4.48 Å². The number of unbranched alkanes of at least 4 members (excludes halogenated alkanes) is 22. The fourth-order valence-electron chi connectivity index (χ4n) is 5.63. The van der Waals surface area contributed by atoms with Crippen LogP contribution in [0.15, 0.2) is 30.3 Å². The summed E-state index contributed by atoms with van der Waals surface area (Å²) in [5, 5.41) is 0. The fourth-order valence-corrected chi connectivity index (χ4v) is 5.63. The highest BCUT2D eigenvalue weighted by Crippen LogP contribution is 2.24. The van der Waals surface area contributed by atoms with Gasteiger partial charge in [-0.05, 0) is 37.8 Å². The lowest BCUT2D eigenvalue weighted by Gasteiger charge is -2.34. The van der Waals surface area contributed by atoms with Gasteiger partial charge >= 0.3 is 0 Å². The van der Waals surface area contributed by atoms with E-state index in [1.54, 1.807) is 0 Å². The predicted octanol–water partition coefficient (Wildman–Crippen LogP) is 12.0. The molecule has 0 spiro atoms. The molecule has 1 atom stereocenters. The van der Waals surface area contributed by atoms with E-state index in [0.29, 0.717) is 7.02 Å². The summed E-state index contributed by atoms with van der Waals surface area (Å²) in [7, 11) is 0.485. The first-order chi connectivity index (χ1) is 18.3. The van der Waals surface area contributed by atoms with Crippen molar-refractivity contribution in [3.05, 3.63) is 30.3 Å². The van der Waals surface area contributed by atoms with Crippen LogP contribution in [0.4, 0.5) is 5.69 Å². The van der Waals surface area contributed by atoms with Crippen molar-refractivity contribution in [1.82, 2.24) is 4.48 Å². The van der Waals surface area contributed by atoms with Crippen LogP contribution in [-0.4, -0.2) is 20.1 Å². The summed E-state index contributed by atoms with van der Waals surface area (Å²) in [5.74, 6) is 0. The van der Waals surface area contributed by atoms with Crippen LogP contribution in [0.3, 0.4) is 0 Å². The maximum Gasteiger partial charge on any atom is 0.132 e. The topological polar surface area (TPSA) is 0 Å². The maximum absolute atomic E-state index is 8.50. The van der Waals surface area contributed by atoms with Gasteiger partial charge in [0.05, 0.1) is 21.5 Å². The molecule has 0 bridgehead atoms. The number of hydrogen-bond acceptors (Lipinski definition) is 0. The third kappa shape index (κ3) is 18.4. The Morgan fingerprint density at radius 3 is 1.06 bits per heavy atom. The average molecular weight is 502 g/mol. The monoisotopic (exact) mass is 502 g/mol. The Morgan fingerprint density at radius 2 is 0.750 bits per heavy atom.